The highest BCUT2D eigenvalue weighted by atomic mass is 79.9. The van der Waals surface area contributed by atoms with Crippen molar-refractivity contribution >= 4 is 38.6 Å². The maximum absolute atomic E-state index is 12.6. The third kappa shape index (κ3) is 4.76. The summed E-state index contributed by atoms with van der Waals surface area (Å²) in [6.07, 6.45) is 0. The molecule has 0 fully saturated rings. The topological polar surface area (TPSA) is 83.8 Å². The minimum Gasteiger partial charge on any atom is -0.507 e. The molecule has 0 radical (unpaired) electrons. The predicted molar refractivity (Wildman–Crippen MR) is 131 cm³/mol. The molecule has 1 atom stereocenters. The van der Waals surface area contributed by atoms with Crippen LogP contribution in [-0.4, -0.2) is 28.8 Å². The molecule has 33 heavy (non-hydrogen) atoms. The number of rotatable bonds is 6. The Hall–Kier alpha value is -3.64. The highest BCUT2D eigenvalue weighted by Crippen LogP contribution is 2.40. The van der Waals surface area contributed by atoms with E-state index in [0.717, 1.165) is 31.9 Å². The standard InChI is InChI=1S/C27H21BrO5/c1-16(15-33-27(32)19-6-4-5-18(13-19)26(30)31)23-14-24(29)21-7-2-3-8-22(21)25(23)17-9-11-20(28)12-10-17/h2-14,16,29H,15H2,1H3,(H,30,31). The highest BCUT2D eigenvalue weighted by Gasteiger charge is 2.20. The van der Waals surface area contributed by atoms with Crippen LogP contribution in [0.25, 0.3) is 21.9 Å². The average Bonchev–Trinajstić information content (AvgIpc) is 2.83. The van der Waals surface area contributed by atoms with Crippen LogP contribution in [0.1, 0.15) is 39.1 Å². The Labute approximate surface area is 199 Å². The van der Waals surface area contributed by atoms with Crippen molar-refractivity contribution in [3.8, 4) is 16.9 Å². The van der Waals surface area contributed by atoms with Gasteiger partial charge >= 0.3 is 11.9 Å². The lowest BCUT2D eigenvalue weighted by atomic mass is 9.87. The van der Waals surface area contributed by atoms with Crippen molar-refractivity contribution in [3.05, 3.63) is 100 Å². The normalized spacial score (nSPS) is 11.8. The summed E-state index contributed by atoms with van der Waals surface area (Å²) in [5.74, 6) is -1.77. The Balaban J connectivity index is 1.68. The molecule has 4 aromatic carbocycles. The van der Waals surface area contributed by atoms with Gasteiger partial charge in [0.25, 0.3) is 0 Å². The smallest absolute Gasteiger partial charge is 0.338 e. The Morgan fingerprint density at radius 3 is 2.27 bits per heavy atom. The van der Waals surface area contributed by atoms with Gasteiger partial charge in [0.2, 0.25) is 0 Å². The van der Waals surface area contributed by atoms with Gasteiger partial charge in [-0.15, -0.1) is 0 Å². The lowest BCUT2D eigenvalue weighted by Gasteiger charge is -2.20. The van der Waals surface area contributed by atoms with Gasteiger partial charge in [0.05, 0.1) is 17.7 Å². The molecule has 0 aromatic heterocycles. The summed E-state index contributed by atoms with van der Waals surface area (Å²) in [4.78, 5) is 23.7. The molecule has 6 heteroatoms. The molecule has 0 amide bonds. The quantitative estimate of drug-likeness (QED) is 0.287. The van der Waals surface area contributed by atoms with Crippen LogP contribution in [0.15, 0.2) is 83.3 Å². The first-order valence-electron chi connectivity index (χ1n) is 10.4. The summed E-state index contributed by atoms with van der Waals surface area (Å²) in [6, 6.07) is 23.0. The molecule has 4 rings (SSSR count). The van der Waals surface area contributed by atoms with Gasteiger partial charge in [0.1, 0.15) is 5.75 Å². The van der Waals surface area contributed by atoms with E-state index in [4.69, 9.17) is 9.84 Å². The lowest BCUT2D eigenvalue weighted by Crippen LogP contribution is -2.12. The molecule has 0 saturated carbocycles. The first-order chi connectivity index (χ1) is 15.8. The van der Waals surface area contributed by atoms with Crippen molar-refractivity contribution in [2.75, 3.05) is 6.61 Å². The summed E-state index contributed by atoms with van der Waals surface area (Å²) in [5.41, 5.74) is 3.00. The number of carboxylic acids is 1. The molecule has 4 aromatic rings. The number of fused-ring (bicyclic) bond motifs is 1. The fourth-order valence-corrected chi connectivity index (χ4v) is 4.12. The zero-order chi connectivity index (χ0) is 23.5. The second-order valence-electron chi connectivity index (χ2n) is 7.80. The molecular weight excluding hydrogens is 484 g/mol. The highest BCUT2D eigenvalue weighted by molar-refractivity contribution is 9.10. The molecule has 5 nitrogen and oxygen atoms in total. The number of phenolic OH excluding ortho intramolecular Hbond substituents is 1. The van der Waals surface area contributed by atoms with Crippen molar-refractivity contribution in [3.63, 3.8) is 0 Å². The lowest BCUT2D eigenvalue weighted by molar-refractivity contribution is 0.0485. The molecule has 2 N–H and O–H groups in total. The van der Waals surface area contributed by atoms with Crippen LogP contribution in [-0.2, 0) is 4.74 Å². The Bertz CT molecular complexity index is 1340. The van der Waals surface area contributed by atoms with Crippen molar-refractivity contribution in [2.24, 2.45) is 0 Å². The summed E-state index contributed by atoms with van der Waals surface area (Å²) < 4.78 is 6.48. The van der Waals surface area contributed by atoms with Crippen LogP contribution in [0.2, 0.25) is 0 Å². The molecular formula is C27H21BrO5. The first-order valence-corrected chi connectivity index (χ1v) is 11.2. The average molecular weight is 505 g/mol. The monoisotopic (exact) mass is 504 g/mol. The molecule has 166 valence electrons. The molecule has 0 saturated heterocycles. The second kappa shape index (κ2) is 9.46. The van der Waals surface area contributed by atoms with E-state index in [9.17, 15) is 14.7 Å². The van der Waals surface area contributed by atoms with Gasteiger partial charge in [-0.2, -0.15) is 0 Å². The molecule has 0 aliphatic heterocycles. The van der Waals surface area contributed by atoms with Gasteiger partial charge in [-0.3, -0.25) is 0 Å². The van der Waals surface area contributed by atoms with Gasteiger partial charge in [0, 0.05) is 15.8 Å². The van der Waals surface area contributed by atoms with E-state index < -0.39 is 11.9 Å². The molecule has 0 heterocycles. The number of carboxylic acid groups (broad SMARTS) is 1. The van der Waals surface area contributed by atoms with E-state index in [0.29, 0.717) is 0 Å². The zero-order valence-electron chi connectivity index (χ0n) is 17.8. The third-order valence-corrected chi connectivity index (χ3v) is 6.06. The van der Waals surface area contributed by atoms with Crippen molar-refractivity contribution in [1.29, 1.82) is 0 Å². The van der Waals surface area contributed by atoms with Crippen LogP contribution in [0.5, 0.6) is 5.75 Å². The number of halogens is 1. The van der Waals surface area contributed by atoms with Crippen LogP contribution in [0.3, 0.4) is 0 Å². The number of phenols is 1. The largest absolute Gasteiger partial charge is 0.507 e. The second-order valence-corrected chi connectivity index (χ2v) is 8.71. The number of benzene rings is 4. The maximum Gasteiger partial charge on any atom is 0.338 e. The van der Waals surface area contributed by atoms with Gasteiger partial charge in [-0.1, -0.05) is 65.3 Å². The van der Waals surface area contributed by atoms with Gasteiger partial charge in [-0.05, 0) is 58.5 Å². The van der Waals surface area contributed by atoms with Crippen molar-refractivity contribution in [1.82, 2.24) is 0 Å². The number of aromatic carboxylic acids is 1. The Morgan fingerprint density at radius 2 is 1.58 bits per heavy atom. The Kier molecular flexibility index (Phi) is 6.47. The Morgan fingerprint density at radius 1 is 0.909 bits per heavy atom. The van der Waals surface area contributed by atoms with E-state index in [1.54, 1.807) is 6.07 Å². The SMILES string of the molecule is CC(COC(=O)c1cccc(C(=O)O)c1)c1cc(O)c2ccccc2c1-c1ccc(Br)cc1. The fourth-order valence-electron chi connectivity index (χ4n) is 3.86. The maximum atomic E-state index is 12.6. The van der Waals surface area contributed by atoms with Crippen LogP contribution >= 0.6 is 15.9 Å². The van der Waals surface area contributed by atoms with Crippen LogP contribution in [0, 0.1) is 0 Å². The molecule has 0 aliphatic carbocycles. The number of hydrogen-bond donors (Lipinski definition) is 2. The summed E-state index contributed by atoms with van der Waals surface area (Å²) >= 11 is 3.47. The molecule has 1 unspecified atom stereocenters. The molecule has 0 bridgehead atoms. The minimum atomic E-state index is -1.11. The van der Waals surface area contributed by atoms with E-state index in [2.05, 4.69) is 15.9 Å². The molecule has 0 aliphatic rings. The van der Waals surface area contributed by atoms with Gasteiger partial charge in [0.15, 0.2) is 0 Å². The summed E-state index contributed by atoms with van der Waals surface area (Å²) in [5, 5.41) is 21.5. The molecule has 0 spiro atoms. The van der Waals surface area contributed by atoms with E-state index >= 15 is 0 Å². The number of esters is 1. The van der Waals surface area contributed by atoms with Crippen LogP contribution < -0.4 is 0 Å². The summed E-state index contributed by atoms with van der Waals surface area (Å²) in [6.45, 7) is 1.99. The summed E-state index contributed by atoms with van der Waals surface area (Å²) in [7, 11) is 0. The number of aromatic hydroxyl groups is 1. The zero-order valence-corrected chi connectivity index (χ0v) is 19.4. The van der Waals surface area contributed by atoms with E-state index in [1.807, 2.05) is 55.5 Å². The number of carbonyl (C=O) groups is 2. The third-order valence-electron chi connectivity index (χ3n) is 5.53. The van der Waals surface area contributed by atoms with E-state index in [-0.39, 0.29) is 29.4 Å². The number of carbonyl (C=O) groups excluding carboxylic acids is 1. The number of ether oxygens (including phenoxy) is 1. The van der Waals surface area contributed by atoms with Crippen molar-refractivity contribution in [2.45, 2.75) is 12.8 Å². The van der Waals surface area contributed by atoms with Gasteiger partial charge < -0.3 is 14.9 Å². The first kappa shape index (κ1) is 22.6. The van der Waals surface area contributed by atoms with Gasteiger partial charge in [-0.25, -0.2) is 9.59 Å². The fraction of sp³-hybridized carbons (Fsp3) is 0.111. The number of hydrogen-bond acceptors (Lipinski definition) is 4. The van der Waals surface area contributed by atoms with E-state index in [1.165, 1.54) is 24.3 Å². The van der Waals surface area contributed by atoms with Crippen molar-refractivity contribution < 1.29 is 24.5 Å². The minimum absolute atomic E-state index is 0.0227. The predicted octanol–water partition coefficient (Wildman–Crippen LogP) is 6.63. The van der Waals surface area contributed by atoms with Crippen LogP contribution in [0.4, 0.5) is 0 Å².